The van der Waals surface area contributed by atoms with Crippen molar-refractivity contribution in [2.45, 2.75) is 71.9 Å². The van der Waals surface area contributed by atoms with Gasteiger partial charge in [0.1, 0.15) is 5.82 Å². The number of nitrogens with zero attached hydrogens (tertiary/aromatic N) is 2. The fourth-order valence-corrected chi connectivity index (χ4v) is 7.44. The first-order valence-corrected chi connectivity index (χ1v) is 16.1. The molecule has 3 heteroatoms. The second-order valence-electron chi connectivity index (χ2n) is 13.1. The lowest BCUT2D eigenvalue weighted by atomic mass is 9.91. The lowest BCUT2D eigenvalue weighted by Crippen LogP contribution is -2.09. The zero-order valence-electron chi connectivity index (χ0n) is 26.4. The average molecular weight is 581 g/mol. The monoisotopic (exact) mass is 580 g/mol. The van der Waals surface area contributed by atoms with Crippen LogP contribution in [0.4, 0.5) is 4.39 Å². The summed E-state index contributed by atoms with van der Waals surface area (Å²) in [5.41, 5.74) is 10.2. The Bertz CT molecular complexity index is 2130. The topological polar surface area (TPSA) is 9.86 Å². The first-order chi connectivity index (χ1) is 21.3. The molecule has 0 saturated heterocycles. The molecule has 2 aromatic heterocycles. The molecule has 5 aromatic carbocycles. The van der Waals surface area contributed by atoms with Gasteiger partial charge in [0.15, 0.2) is 0 Å². The van der Waals surface area contributed by atoms with Crippen molar-refractivity contribution in [3.63, 3.8) is 0 Å². The molecule has 7 rings (SSSR count). The molecule has 0 spiro atoms. The summed E-state index contributed by atoms with van der Waals surface area (Å²) in [6.45, 7) is 11.4. The largest absolute Gasteiger partial charge is 0.338 e. The summed E-state index contributed by atoms with van der Waals surface area (Å²) in [6.07, 6.45) is 2.97. The molecule has 0 aliphatic heterocycles. The van der Waals surface area contributed by atoms with Crippen molar-refractivity contribution < 1.29 is 4.39 Å². The number of halogens is 1. The maximum Gasteiger partial charge on any atom is 0.125 e. The fraction of sp³-hybridized carbons (Fsp3) is 0.268. The van der Waals surface area contributed by atoms with Crippen LogP contribution in [0, 0.1) is 12.7 Å². The Morgan fingerprint density at radius 3 is 2.02 bits per heavy atom. The molecule has 44 heavy (non-hydrogen) atoms. The van der Waals surface area contributed by atoms with E-state index < -0.39 is 0 Å². The molecular formula is C41H41FN2. The van der Waals surface area contributed by atoms with Crippen molar-refractivity contribution in [3.8, 4) is 0 Å². The van der Waals surface area contributed by atoms with Gasteiger partial charge in [-0.2, -0.15) is 0 Å². The van der Waals surface area contributed by atoms with E-state index >= 15 is 0 Å². The van der Waals surface area contributed by atoms with Crippen LogP contribution in [0.1, 0.15) is 74.4 Å². The van der Waals surface area contributed by atoms with Gasteiger partial charge in [-0.1, -0.05) is 79.2 Å². The van der Waals surface area contributed by atoms with Gasteiger partial charge in [0.05, 0.1) is 5.52 Å². The van der Waals surface area contributed by atoms with E-state index in [2.05, 4.69) is 129 Å². The highest BCUT2D eigenvalue weighted by atomic mass is 19.1. The van der Waals surface area contributed by atoms with Gasteiger partial charge < -0.3 is 9.13 Å². The van der Waals surface area contributed by atoms with Gasteiger partial charge in [-0.25, -0.2) is 4.39 Å². The third-order valence-corrected chi connectivity index (χ3v) is 9.61. The van der Waals surface area contributed by atoms with Crippen LogP contribution < -0.4 is 0 Å². The minimum absolute atomic E-state index is 0.130. The number of hydrogen-bond acceptors (Lipinski definition) is 0. The molecule has 2 atom stereocenters. The number of rotatable bonds is 8. The second-order valence-corrected chi connectivity index (χ2v) is 13.1. The van der Waals surface area contributed by atoms with Crippen LogP contribution in [-0.2, 0) is 12.8 Å². The Morgan fingerprint density at radius 2 is 1.30 bits per heavy atom. The molecule has 222 valence electrons. The predicted molar refractivity (Wildman–Crippen MR) is 186 cm³/mol. The third-order valence-electron chi connectivity index (χ3n) is 9.61. The Morgan fingerprint density at radius 1 is 0.636 bits per heavy atom. The standard InChI is InChI=1S/C41H41FN2/c1-26(2)43-38-13-9-7-11-36(38)41-32(23-30(24-40(41)43)17-16-28(4)31-18-14-27(3)15-19-31)22-29(5)44-37-12-8-6-10-34(37)35-21-20-33(42)25-39(35)44/h6-15,18-21,23-26,28-29H,16-17,22H2,1-5H3. The van der Waals surface area contributed by atoms with E-state index in [1.807, 2.05) is 6.07 Å². The van der Waals surface area contributed by atoms with Crippen LogP contribution in [0.25, 0.3) is 43.6 Å². The highest BCUT2D eigenvalue weighted by Gasteiger charge is 2.21. The number of hydrogen-bond donors (Lipinski definition) is 0. The molecule has 0 saturated carbocycles. The van der Waals surface area contributed by atoms with Crippen LogP contribution >= 0.6 is 0 Å². The molecule has 0 N–H and O–H groups in total. The van der Waals surface area contributed by atoms with Crippen LogP contribution in [0.15, 0.2) is 103 Å². The summed E-state index contributed by atoms with van der Waals surface area (Å²) < 4.78 is 19.5. The van der Waals surface area contributed by atoms with Crippen LogP contribution in [-0.4, -0.2) is 9.13 Å². The third kappa shape index (κ3) is 4.89. The lowest BCUT2D eigenvalue weighted by molar-refractivity contribution is 0.577. The smallest absolute Gasteiger partial charge is 0.125 e. The molecule has 0 radical (unpaired) electrons. The molecule has 2 nitrogen and oxygen atoms in total. The summed E-state index contributed by atoms with van der Waals surface area (Å²) >= 11 is 0. The first-order valence-electron chi connectivity index (χ1n) is 16.1. The summed E-state index contributed by atoms with van der Waals surface area (Å²) in [4.78, 5) is 0. The van der Waals surface area contributed by atoms with Gasteiger partial charge in [0.2, 0.25) is 0 Å². The molecule has 0 amide bonds. The van der Waals surface area contributed by atoms with Crippen molar-refractivity contribution in [2.24, 2.45) is 0 Å². The van der Waals surface area contributed by atoms with Crippen molar-refractivity contribution in [2.75, 3.05) is 0 Å². The van der Waals surface area contributed by atoms with E-state index in [0.29, 0.717) is 12.0 Å². The Balaban J connectivity index is 1.36. The SMILES string of the molecule is Cc1ccc(C(C)CCc2cc(CC(C)n3c4ccccc4c4ccc(F)cc43)c3c4ccccc4n(C(C)C)c3c2)cc1. The highest BCUT2D eigenvalue weighted by Crippen LogP contribution is 2.39. The van der Waals surface area contributed by atoms with Crippen molar-refractivity contribution in [3.05, 3.63) is 131 Å². The van der Waals surface area contributed by atoms with E-state index in [4.69, 9.17) is 0 Å². The van der Waals surface area contributed by atoms with E-state index in [-0.39, 0.29) is 11.9 Å². The van der Waals surface area contributed by atoms with Gasteiger partial charge in [-0.15, -0.1) is 0 Å². The van der Waals surface area contributed by atoms with E-state index in [9.17, 15) is 4.39 Å². The zero-order valence-corrected chi connectivity index (χ0v) is 26.4. The van der Waals surface area contributed by atoms with Crippen LogP contribution in [0.5, 0.6) is 0 Å². The zero-order chi connectivity index (χ0) is 30.5. The lowest BCUT2D eigenvalue weighted by Gasteiger charge is -2.20. The predicted octanol–water partition coefficient (Wildman–Crippen LogP) is 11.5. The Kier molecular flexibility index (Phi) is 7.28. The molecule has 7 aromatic rings. The van der Waals surface area contributed by atoms with E-state index in [0.717, 1.165) is 35.7 Å². The Labute approximate surface area is 259 Å². The molecule has 0 fully saturated rings. The van der Waals surface area contributed by atoms with Crippen molar-refractivity contribution in [1.29, 1.82) is 0 Å². The van der Waals surface area contributed by atoms with Crippen LogP contribution in [0.2, 0.25) is 0 Å². The van der Waals surface area contributed by atoms with Gasteiger partial charge in [-0.3, -0.25) is 0 Å². The highest BCUT2D eigenvalue weighted by molar-refractivity contribution is 6.10. The van der Waals surface area contributed by atoms with Crippen molar-refractivity contribution >= 4 is 43.6 Å². The normalized spacial score (nSPS) is 13.5. The summed E-state index contributed by atoms with van der Waals surface area (Å²) in [5.74, 6) is 0.290. The molecule has 0 aliphatic carbocycles. The summed E-state index contributed by atoms with van der Waals surface area (Å²) in [6, 6.07) is 36.9. The molecule has 2 heterocycles. The summed E-state index contributed by atoms with van der Waals surface area (Å²) in [5, 5.41) is 4.94. The fourth-order valence-electron chi connectivity index (χ4n) is 7.44. The van der Waals surface area contributed by atoms with E-state index in [1.165, 1.54) is 49.4 Å². The van der Waals surface area contributed by atoms with E-state index in [1.54, 1.807) is 12.1 Å². The maximum absolute atomic E-state index is 14.6. The number of aromatic nitrogens is 2. The molecule has 0 bridgehead atoms. The number of fused-ring (bicyclic) bond motifs is 6. The first kappa shape index (κ1) is 28.4. The van der Waals surface area contributed by atoms with Crippen molar-refractivity contribution in [1.82, 2.24) is 9.13 Å². The van der Waals surface area contributed by atoms with Gasteiger partial charge in [0.25, 0.3) is 0 Å². The summed E-state index contributed by atoms with van der Waals surface area (Å²) in [7, 11) is 0. The molecular weight excluding hydrogens is 539 g/mol. The minimum atomic E-state index is -0.194. The minimum Gasteiger partial charge on any atom is -0.338 e. The quantitative estimate of drug-likeness (QED) is 0.169. The molecule has 2 unspecified atom stereocenters. The number of aryl methyl sites for hydroxylation is 2. The second kappa shape index (κ2) is 11.3. The molecule has 0 aliphatic rings. The van der Waals surface area contributed by atoms with Gasteiger partial charge in [0, 0.05) is 50.2 Å². The number of benzene rings is 5. The van der Waals surface area contributed by atoms with Gasteiger partial charge >= 0.3 is 0 Å². The van der Waals surface area contributed by atoms with Gasteiger partial charge in [-0.05, 0) is 106 Å². The number of para-hydroxylation sites is 2. The Hall–Kier alpha value is -4.37. The average Bonchev–Trinajstić information content (AvgIpc) is 3.52. The maximum atomic E-state index is 14.6. The van der Waals surface area contributed by atoms with Crippen LogP contribution in [0.3, 0.4) is 0 Å².